The molecule has 0 spiro atoms. The summed E-state index contributed by atoms with van der Waals surface area (Å²) in [6.07, 6.45) is 5.65. The molecule has 0 saturated carbocycles. The van der Waals surface area contributed by atoms with Crippen LogP contribution >= 0.6 is 0 Å². The zero-order valence-electron chi connectivity index (χ0n) is 11.1. The molecular weight excluding hydrogens is 234 g/mol. The zero-order chi connectivity index (χ0) is 14.2. The smallest absolute Gasteiger partial charge is 0.211 e. The van der Waals surface area contributed by atoms with Crippen molar-refractivity contribution in [1.29, 1.82) is 0 Å². The molecule has 0 heterocycles. The van der Waals surface area contributed by atoms with Gasteiger partial charge in [-0.1, -0.05) is 40.5 Å². The van der Waals surface area contributed by atoms with Crippen LogP contribution in [0.2, 0.25) is 0 Å². The molecule has 0 aliphatic heterocycles. The fourth-order valence-corrected chi connectivity index (χ4v) is 1.82. The van der Waals surface area contributed by atoms with Crippen LogP contribution in [0.25, 0.3) is 0 Å². The highest BCUT2D eigenvalue weighted by Crippen LogP contribution is 2.44. The highest BCUT2D eigenvalue weighted by Gasteiger charge is 2.49. The van der Waals surface area contributed by atoms with Crippen molar-refractivity contribution < 1.29 is 14.4 Å². The summed E-state index contributed by atoms with van der Waals surface area (Å²) in [4.78, 5) is 41.9. The van der Waals surface area contributed by atoms with E-state index < -0.39 is 11.2 Å². The van der Waals surface area contributed by atoms with Gasteiger partial charge in [0.25, 0.3) is 5.79 Å². The Morgan fingerprint density at radius 2 is 1.39 bits per heavy atom. The van der Waals surface area contributed by atoms with Crippen LogP contribution in [-0.2, 0) is 14.4 Å². The zero-order valence-corrected chi connectivity index (χ0v) is 11.1. The van der Waals surface area contributed by atoms with Gasteiger partial charge in [0.2, 0.25) is 18.2 Å². The summed E-state index contributed by atoms with van der Waals surface area (Å²) in [5.41, 5.74) is -0.810. The first-order valence-electron chi connectivity index (χ1n) is 5.69. The van der Waals surface area contributed by atoms with Gasteiger partial charge < -0.3 is 0 Å². The van der Waals surface area contributed by atoms with Gasteiger partial charge in [-0.05, 0) is 5.92 Å². The van der Waals surface area contributed by atoms with Crippen LogP contribution in [0, 0.1) is 11.3 Å². The summed E-state index contributed by atoms with van der Waals surface area (Å²) in [6.45, 7) is 7.38. The van der Waals surface area contributed by atoms with Gasteiger partial charge in [0.05, 0.1) is 0 Å². The maximum absolute atomic E-state index is 10.5. The summed E-state index contributed by atoms with van der Waals surface area (Å²) >= 11 is 0. The molecule has 1 unspecified atom stereocenters. The van der Waals surface area contributed by atoms with Crippen LogP contribution in [0.4, 0.5) is 0 Å². The highest BCUT2D eigenvalue weighted by atomic mass is 16.1. The minimum Gasteiger partial charge on any atom is -0.211 e. The predicted molar refractivity (Wildman–Crippen MR) is 64.9 cm³/mol. The van der Waals surface area contributed by atoms with Crippen molar-refractivity contribution in [3.05, 3.63) is 0 Å². The van der Waals surface area contributed by atoms with Gasteiger partial charge in [-0.15, -0.1) is 15.0 Å². The molecule has 6 nitrogen and oxygen atoms in total. The largest absolute Gasteiger partial charge is 0.282 e. The lowest BCUT2D eigenvalue weighted by Crippen LogP contribution is -2.44. The number of isocyanates is 3. The molecule has 18 heavy (non-hydrogen) atoms. The van der Waals surface area contributed by atoms with E-state index in [1.54, 1.807) is 13.8 Å². The Labute approximate surface area is 106 Å². The third-order valence-corrected chi connectivity index (χ3v) is 3.42. The minimum atomic E-state index is -1.83. The summed E-state index contributed by atoms with van der Waals surface area (Å²) < 4.78 is 0. The van der Waals surface area contributed by atoms with E-state index in [9.17, 15) is 14.4 Å². The molecule has 6 heteroatoms. The normalized spacial score (nSPS) is 15.3. The number of aliphatic imine (C=N–C) groups is 3. The van der Waals surface area contributed by atoms with E-state index in [-0.39, 0.29) is 5.92 Å². The molecule has 1 atom stereocenters. The fourth-order valence-electron chi connectivity index (χ4n) is 1.82. The first-order chi connectivity index (χ1) is 8.41. The Morgan fingerprint density at radius 1 is 1.00 bits per heavy atom. The first kappa shape index (κ1) is 16.1. The Balaban J connectivity index is 5.89. The van der Waals surface area contributed by atoms with E-state index in [1.807, 2.05) is 13.8 Å². The molecule has 0 amide bonds. The van der Waals surface area contributed by atoms with E-state index in [1.165, 1.54) is 18.2 Å². The quantitative estimate of drug-likeness (QED) is 0.512. The van der Waals surface area contributed by atoms with Crippen LogP contribution in [0.3, 0.4) is 0 Å². The molecule has 0 radical (unpaired) electrons. The van der Waals surface area contributed by atoms with E-state index in [0.717, 1.165) is 12.8 Å². The topological polar surface area (TPSA) is 88.3 Å². The molecular formula is C12H17N3O3. The number of nitrogens with zero attached hydrogens (tertiary/aromatic N) is 3. The van der Waals surface area contributed by atoms with Gasteiger partial charge in [0, 0.05) is 5.41 Å². The van der Waals surface area contributed by atoms with Crippen molar-refractivity contribution in [2.24, 2.45) is 26.3 Å². The number of carbonyl (C=O) groups excluding carboxylic acids is 3. The van der Waals surface area contributed by atoms with Gasteiger partial charge in [-0.3, -0.25) is 0 Å². The Kier molecular flexibility index (Phi) is 6.07. The monoisotopic (exact) mass is 251 g/mol. The highest BCUT2D eigenvalue weighted by molar-refractivity contribution is 5.43. The number of hydrogen-bond donors (Lipinski definition) is 0. The molecule has 0 fully saturated rings. The maximum atomic E-state index is 10.5. The Morgan fingerprint density at radius 3 is 1.67 bits per heavy atom. The van der Waals surface area contributed by atoms with Gasteiger partial charge in [-0.2, -0.15) is 0 Å². The van der Waals surface area contributed by atoms with Gasteiger partial charge >= 0.3 is 0 Å². The lowest BCUT2D eigenvalue weighted by molar-refractivity contribution is 0.0996. The Bertz CT molecular complexity index is 380. The summed E-state index contributed by atoms with van der Waals surface area (Å²) in [5.74, 6) is -1.80. The van der Waals surface area contributed by atoms with E-state index in [2.05, 4.69) is 15.0 Å². The predicted octanol–water partition coefficient (Wildman–Crippen LogP) is 2.11. The SMILES string of the molecule is CCCC(C)C(C)(C)C(N=C=O)(N=C=O)N=C=O. The number of hydrogen-bond acceptors (Lipinski definition) is 6. The fraction of sp³-hybridized carbons (Fsp3) is 0.750. The van der Waals surface area contributed by atoms with Crippen molar-refractivity contribution in [3.63, 3.8) is 0 Å². The lowest BCUT2D eigenvalue weighted by atomic mass is 9.72. The second kappa shape index (κ2) is 6.77. The van der Waals surface area contributed by atoms with Crippen molar-refractivity contribution >= 4 is 18.2 Å². The second-order valence-electron chi connectivity index (χ2n) is 4.66. The van der Waals surface area contributed by atoms with Crippen LogP contribution in [0.15, 0.2) is 15.0 Å². The molecule has 0 aromatic heterocycles. The maximum Gasteiger partial charge on any atom is 0.282 e. The van der Waals surface area contributed by atoms with E-state index in [0.29, 0.717) is 0 Å². The average Bonchev–Trinajstić information content (AvgIpc) is 2.30. The summed E-state index contributed by atoms with van der Waals surface area (Å²) in [7, 11) is 0. The van der Waals surface area contributed by atoms with Crippen molar-refractivity contribution in [1.82, 2.24) is 0 Å². The third kappa shape index (κ3) is 3.08. The molecule has 0 aromatic carbocycles. The minimum absolute atomic E-state index is 0.0220. The average molecular weight is 251 g/mol. The molecule has 0 N–H and O–H groups in total. The molecule has 0 aliphatic rings. The van der Waals surface area contributed by atoms with Gasteiger partial charge in [0.1, 0.15) is 0 Å². The van der Waals surface area contributed by atoms with Crippen molar-refractivity contribution in [2.45, 2.75) is 46.3 Å². The van der Waals surface area contributed by atoms with Crippen molar-refractivity contribution in [3.8, 4) is 0 Å². The third-order valence-electron chi connectivity index (χ3n) is 3.42. The van der Waals surface area contributed by atoms with E-state index in [4.69, 9.17) is 0 Å². The molecule has 0 aromatic rings. The van der Waals surface area contributed by atoms with Gasteiger partial charge in [-0.25, -0.2) is 14.4 Å². The Hall–Kier alpha value is -1.86. The molecule has 0 rings (SSSR count). The molecule has 0 aliphatic carbocycles. The standard InChI is InChI=1S/C12H17N3O3/c1-5-6-10(2)11(3,4)12(13-7-16,14-8-17)15-9-18/h10H,5-6H2,1-4H3. The van der Waals surface area contributed by atoms with Crippen LogP contribution < -0.4 is 0 Å². The molecule has 98 valence electrons. The first-order valence-corrected chi connectivity index (χ1v) is 5.69. The van der Waals surface area contributed by atoms with Gasteiger partial charge in [0.15, 0.2) is 0 Å². The second-order valence-corrected chi connectivity index (χ2v) is 4.66. The van der Waals surface area contributed by atoms with Crippen LogP contribution in [-0.4, -0.2) is 24.0 Å². The van der Waals surface area contributed by atoms with Crippen LogP contribution in [0.5, 0.6) is 0 Å². The molecule has 0 bridgehead atoms. The summed E-state index contributed by atoms with van der Waals surface area (Å²) in [6, 6.07) is 0. The van der Waals surface area contributed by atoms with Crippen LogP contribution in [0.1, 0.15) is 40.5 Å². The summed E-state index contributed by atoms with van der Waals surface area (Å²) in [5, 5.41) is 0. The molecule has 0 saturated heterocycles. The van der Waals surface area contributed by atoms with Crippen molar-refractivity contribution in [2.75, 3.05) is 0 Å². The lowest BCUT2D eigenvalue weighted by Gasteiger charge is -2.39. The van der Waals surface area contributed by atoms with E-state index >= 15 is 0 Å². The number of rotatable bonds is 7.